The fraction of sp³-hybridized carbons (Fsp3) is 1.00. The molecule has 0 aromatic carbocycles. The van der Waals surface area contributed by atoms with E-state index in [0.717, 1.165) is 32.8 Å². The molecule has 3 fully saturated rings. The van der Waals surface area contributed by atoms with E-state index in [9.17, 15) is 0 Å². The summed E-state index contributed by atoms with van der Waals surface area (Å²) in [4.78, 5) is 2.65. The van der Waals surface area contributed by atoms with Crippen LogP contribution in [0.3, 0.4) is 0 Å². The minimum atomic E-state index is 0.437. The lowest BCUT2D eigenvalue weighted by atomic mass is 10.1. The molecule has 4 unspecified atom stereocenters. The van der Waals surface area contributed by atoms with Crippen LogP contribution in [0.2, 0.25) is 0 Å². The summed E-state index contributed by atoms with van der Waals surface area (Å²) >= 11 is 0. The second-order valence-corrected chi connectivity index (χ2v) is 6.56. The van der Waals surface area contributed by atoms with E-state index in [1.807, 2.05) is 0 Å². The van der Waals surface area contributed by atoms with E-state index in [1.54, 1.807) is 0 Å². The number of nitrogens with one attached hydrogen (secondary N) is 1. The molecular formula is C16H30N2O2. The van der Waals surface area contributed by atoms with E-state index in [0.29, 0.717) is 24.4 Å². The van der Waals surface area contributed by atoms with E-state index < -0.39 is 0 Å². The summed E-state index contributed by atoms with van der Waals surface area (Å²) < 4.78 is 12.1. The van der Waals surface area contributed by atoms with Crippen LogP contribution in [-0.4, -0.2) is 62.0 Å². The van der Waals surface area contributed by atoms with Gasteiger partial charge >= 0.3 is 0 Å². The van der Waals surface area contributed by atoms with Gasteiger partial charge in [-0.15, -0.1) is 0 Å². The van der Waals surface area contributed by atoms with E-state index in [-0.39, 0.29) is 0 Å². The molecular weight excluding hydrogens is 252 g/mol. The standard InChI is InChI=1S/C16H30N2O2/c1-2-8-17-11-13-6-7-14(20-13)12-18-9-10-19-16-5-3-4-15(16)18/h13-17H,2-12H2,1H3. The van der Waals surface area contributed by atoms with E-state index >= 15 is 0 Å². The third-order valence-corrected chi connectivity index (χ3v) is 5.03. The highest BCUT2D eigenvalue weighted by atomic mass is 16.5. The van der Waals surface area contributed by atoms with Gasteiger partial charge < -0.3 is 14.8 Å². The number of morpholine rings is 1. The van der Waals surface area contributed by atoms with Gasteiger partial charge in [0.1, 0.15) is 0 Å². The fourth-order valence-electron chi connectivity index (χ4n) is 4.00. The molecule has 4 nitrogen and oxygen atoms in total. The van der Waals surface area contributed by atoms with Gasteiger partial charge in [-0.2, -0.15) is 0 Å². The van der Waals surface area contributed by atoms with Crippen LogP contribution in [0.4, 0.5) is 0 Å². The van der Waals surface area contributed by atoms with Crippen molar-refractivity contribution in [1.82, 2.24) is 10.2 Å². The molecule has 0 radical (unpaired) electrons. The SMILES string of the molecule is CCCNCC1CCC(CN2CCOC3CCCC32)O1. The monoisotopic (exact) mass is 282 g/mol. The van der Waals surface area contributed by atoms with Gasteiger partial charge in [0, 0.05) is 25.7 Å². The quantitative estimate of drug-likeness (QED) is 0.753. The summed E-state index contributed by atoms with van der Waals surface area (Å²) in [5.74, 6) is 0. The molecule has 4 atom stereocenters. The first-order chi connectivity index (χ1) is 9.86. The number of fused-ring (bicyclic) bond motifs is 1. The maximum absolute atomic E-state index is 6.21. The van der Waals surface area contributed by atoms with Crippen molar-refractivity contribution in [3.63, 3.8) is 0 Å². The normalized spacial score (nSPS) is 38.2. The molecule has 2 saturated heterocycles. The minimum Gasteiger partial charge on any atom is -0.375 e. The van der Waals surface area contributed by atoms with Crippen LogP contribution in [-0.2, 0) is 9.47 Å². The highest BCUT2D eigenvalue weighted by molar-refractivity contribution is 4.91. The maximum Gasteiger partial charge on any atom is 0.0730 e. The Kier molecular flexibility index (Phi) is 5.32. The van der Waals surface area contributed by atoms with Gasteiger partial charge in [0.2, 0.25) is 0 Å². The van der Waals surface area contributed by atoms with Gasteiger partial charge in [-0.25, -0.2) is 0 Å². The first-order valence-electron chi connectivity index (χ1n) is 8.58. The van der Waals surface area contributed by atoms with E-state index in [2.05, 4.69) is 17.1 Å². The topological polar surface area (TPSA) is 33.7 Å². The molecule has 0 aromatic rings. The molecule has 1 saturated carbocycles. The van der Waals surface area contributed by atoms with Crippen molar-refractivity contribution in [1.29, 1.82) is 0 Å². The fourth-order valence-corrected chi connectivity index (χ4v) is 4.00. The zero-order valence-corrected chi connectivity index (χ0v) is 12.9. The number of hydrogen-bond donors (Lipinski definition) is 1. The third-order valence-electron chi connectivity index (χ3n) is 5.03. The molecule has 2 aliphatic heterocycles. The average molecular weight is 282 g/mol. The summed E-state index contributed by atoms with van der Waals surface area (Å²) in [6.07, 6.45) is 8.96. The van der Waals surface area contributed by atoms with Crippen molar-refractivity contribution in [2.24, 2.45) is 0 Å². The number of nitrogens with zero attached hydrogens (tertiary/aromatic N) is 1. The van der Waals surface area contributed by atoms with Crippen LogP contribution in [0.15, 0.2) is 0 Å². The summed E-state index contributed by atoms with van der Waals surface area (Å²) in [6.45, 7) is 7.48. The van der Waals surface area contributed by atoms with Crippen molar-refractivity contribution < 1.29 is 9.47 Å². The van der Waals surface area contributed by atoms with Crippen molar-refractivity contribution in [3.05, 3.63) is 0 Å². The Morgan fingerprint density at radius 1 is 1.15 bits per heavy atom. The Morgan fingerprint density at radius 3 is 2.95 bits per heavy atom. The number of hydrogen-bond acceptors (Lipinski definition) is 4. The molecule has 4 heteroatoms. The Balaban J connectivity index is 1.42. The Morgan fingerprint density at radius 2 is 2.05 bits per heavy atom. The molecule has 0 aromatic heterocycles. The molecule has 20 heavy (non-hydrogen) atoms. The van der Waals surface area contributed by atoms with Crippen LogP contribution in [0.1, 0.15) is 45.4 Å². The Labute approximate surface area is 123 Å². The largest absolute Gasteiger partial charge is 0.375 e. The maximum atomic E-state index is 6.21. The molecule has 2 heterocycles. The molecule has 116 valence electrons. The molecule has 1 N–H and O–H groups in total. The van der Waals surface area contributed by atoms with Crippen LogP contribution >= 0.6 is 0 Å². The zero-order chi connectivity index (χ0) is 13.8. The molecule has 0 bridgehead atoms. The molecule has 3 rings (SSSR count). The summed E-state index contributed by atoms with van der Waals surface area (Å²) in [5.41, 5.74) is 0. The lowest BCUT2D eigenvalue weighted by Gasteiger charge is -2.38. The lowest BCUT2D eigenvalue weighted by Crippen LogP contribution is -2.51. The molecule has 1 aliphatic carbocycles. The third kappa shape index (κ3) is 3.53. The van der Waals surface area contributed by atoms with Crippen molar-refractivity contribution in [2.75, 3.05) is 32.8 Å². The van der Waals surface area contributed by atoms with Gasteiger partial charge in [0.15, 0.2) is 0 Å². The van der Waals surface area contributed by atoms with Crippen LogP contribution in [0.25, 0.3) is 0 Å². The van der Waals surface area contributed by atoms with E-state index in [1.165, 1.54) is 38.5 Å². The second kappa shape index (κ2) is 7.21. The Bertz CT molecular complexity index is 300. The van der Waals surface area contributed by atoms with Gasteiger partial charge in [-0.3, -0.25) is 4.90 Å². The van der Waals surface area contributed by atoms with Gasteiger partial charge in [0.05, 0.1) is 24.9 Å². The Hall–Kier alpha value is -0.160. The first-order valence-corrected chi connectivity index (χ1v) is 8.58. The highest BCUT2D eigenvalue weighted by Crippen LogP contribution is 2.31. The predicted octanol–water partition coefficient (Wildman–Crippen LogP) is 1.79. The predicted molar refractivity (Wildman–Crippen MR) is 80.0 cm³/mol. The zero-order valence-electron chi connectivity index (χ0n) is 12.9. The summed E-state index contributed by atoms with van der Waals surface area (Å²) in [6, 6.07) is 0.671. The summed E-state index contributed by atoms with van der Waals surface area (Å²) in [5, 5.41) is 3.48. The van der Waals surface area contributed by atoms with Gasteiger partial charge in [0.25, 0.3) is 0 Å². The minimum absolute atomic E-state index is 0.437. The number of ether oxygens (including phenoxy) is 2. The number of rotatable bonds is 6. The van der Waals surface area contributed by atoms with Crippen LogP contribution in [0, 0.1) is 0 Å². The van der Waals surface area contributed by atoms with Crippen molar-refractivity contribution in [2.45, 2.75) is 69.8 Å². The molecule has 0 amide bonds. The lowest BCUT2D eigenvalue weighted by molar-refractivity contribution is -0.0738. The smallest absolute Gasteiger partial charge is 0.0730 e. The average Bonchev–Trinajstić information content (AvgIpc) is 3.09. The summed E-state index contributed by atoms with van der Waals surface area (Å²) in [7, 11) is 0. The van der Waals surface area contributed by atoms with E-state index in [4.69, 9.17) is 9.47 Å². The first kappa shape index (κ1) is 14.8. The highest BCUT2D eigenvalue weighted by Gasteiger charge is 2.38. The van der Waals surface area contributed by atoms with Crippen molar-refractivity contribution >= 4 is 0 Å². The molecule has 3 aliphatic rings. The van der Waals surface area contributed by atoms with Crippen LogP contribution < -0.4 is 5.32 Å². The van der Waals surface area contributed by atoms with Crippen LogP contribution in [0.5, 0.6) is 0 Å². The van der Waals surface area contributed by atoms with Gasteiger partial charge in [-0.05, 0) is 45.1 Å². The van der Waals surface area contributed by atoms with Gasteiger partial charge in [-0.1, -0.05) is 6.92 Å². The van der Waals surface area contributed by atoms with Crippen molar-refractivity contribution in [3.8, 4) is 0 Å². The second-order valence-electron chi connectivity index (χ2n) is 6.56. The molecule has 0 spiro atoms.